The zero-order chi connectivity index (χ0) is 22.0. The number of rotatable bonds is 6. The SMILES string of the molecule is Nc1ccc(Cl)c(C(O)C(O)CNC(=O)OCC2c3ccccc3-c3ccccc32)c1. The summed E-state index contributed by atoms with van der Waals surface area (Å²) in [6, 6.07) is 20.8. The first-order chi connectivity index (χ1) is 15.0. The first kappa shape index (κ1) is 21.2. The lowest BCUT2D eigenvalue weighted by atomic mass is 9.98. The average molecular weight is 439 g/mol. The molecule has 0 aliphatic heterocycles. The highest BCUT2D eigenvalue weighted by Crippen LogP contribution is 2.44. The van der Waals surface area contributed by atoms with Crippen molar-refractivity contribution < 1.29 is 19.7 Å². The average Bonchev–Trinajstić information content (AvgIpc) is 3.11. The van der Waals surface area contributed by atoms with Gasteiger partial charge in [-0.2, -0.15) is 0 Å². The van der Waals surface area contributed by atoms with Gasteiger partial charge in [-0.1, -0.05) is 60.1 Å². The van der Waals surface area contributed by atoms with E-state index in [9.17, 15) is 15.0 Å². The van der Waals surface area contributed by atoms with Crippen molar-refractivity contribution in [2.24, 2.45) is 0 Å². The van der Waals surface area contributed by atoms with Crippen molar-refractivity contribution in [2.75, 3.05) is 18.9 Å². The number of anilines is 1. The second-order valence-corrected chi connectivity index (χ2v) is 7.91. The van der Waals surface area contributed by atoms with E-state index in [2.05, 4.69) is 17.4 Å². The summed E-state index contributed by atoms with van der Waals surface area (Å²) in [4.78, 5) is 12.2. The van der Waals surface area contributed by atoms with Crippen LogP contribution in [0.25, 0.3) is 11.1 Å². The molecule has 0 radical (unpaired) electrons. The molecule has 1 aliphatic carbocycles. The van der Waals surface area contributed by atoms with Crippen LogP contribution in [0, 0.1) is 0 Å². The van der Waals surface area contributed by atoms with Crippen molar-refractivity contribution >= 4 is 23.4 Å². The van der Waals surface area contributed by atoms with Crippen LogP contribution in [-0.2, 0) is 4.74 Å². The molecule has 0 bridgehead atoms. The van der Waals surface area contributed by atoms with Crippen LogP contribution in [0.4, 0.5) is 10.5 Å². The number of fused-ring (bicyclic) bond motifs is 3. The number of carbonyl (C=O) groups excluding carboxylic acids is 1. The van der Waals surface area contributed by atoms with Gasteiger partial charge in [-0.15, -0.1) is 0 Å². The number of amides is 1. The predicted octanol–water partition coefficient (Wildman–Crippen LogP) is 3.86. The van der Waals surface area contributed by atoms with Crippen LogP contribution in [0.1, 0.15) is 28.7 Å². The number of hydrogen-bond donors (Lipinski definition) is 4. The summed E-state index contributed by atoms with van der Waals surface area (Å²) in [7, 11) is 0. The first-order valence-electron chi connectivity index (χ1n) is 9.95. The number of alkyl carbamates (subject to hydrolysis) is 1. The van der Waals surface area contributed by atoms with E-state index in [0.717, 1.165) is 22.3 Å². The third-order valence-electron chi connectivity index (χ3n) is 5.50. The maximum absolute atomic E-state index is 12.2. The van der Waals surface area contributed by atoms with E-state index in [1.165, 1.54) is 6.07 Å². The molecule has 1 amide bonds. The molecule has 0 aromatic heterocycles. The number of ether oxygens (including phenoxy) is 1. The topological polar surface area (TPSA) is 105 Å². The molecule has 160 valence electrons. The highest BCUT2D eigenvalue weighted by Gasteiger charge is 2.29. The van der Waals surface area contributed by atoms with Crippen LogP contribution in [-0.4, -0.2) is 35.6 Å². The molecule has 5 N–H and O–H groups in total. The Labute approximate surface area is 185 Å². The van der Waals surface area contributed by atoms with Gasteiger partial charge < -0.3 is 26.0 Å². The second-order valence-electron chi connectivity index (χ2n) is 7.50. The number of nitrogens with two attached hydrogens (primary N) is 1. The van der Waals surface area contributed by atoms with Gasteiger partial charge >= 0.3 is 6.09 Å². The summed E-state index contributed by atoms with van der Waals surface area (Å²) in [6.07, 6.45) is -3.25. The van der Waals surface area contributed by atoms with E-state index in [4.69, 9.17) is 22.1 Å². The summed E-state index contributed by atoms with van der Waals surface area (Å²) in [5.41, 5.74) is 10.9. The van der Waals surface area contributed by atoms with Crippen LogP contribution in [0.2, 0.25) is 5.02 Å². The minimum absolute atomic E-state index is 0.0558. The molecule has 4 rings (SSSR count). The number of halogens is 1. The van der Waals surface area contributed by atoms with E-state index in [0.29, 0.717) is 11.3 Å². The van der Waals surface area contributed by atoms with Gasteiger partial charge in [-0.05, 0) is 40.5 Å². The Kier molecular flexibility index (Phi) is 6.13. The molecule has 2 atom stereocenters. The van der Waals surface area contributed by atoms with Crippen LogP contribution >= 0.6 is 11.6 Å². The normalized spacial score (nSPS) is 14.4. The molecule has 0 heterocycles. The summed E-state index contributed by atoms with van der Waals surface area (Å²) in [6.45, 7) is -0.0392. The Morgan fingerprint density at radius 2 is 1.65 bits per heavy atom. The summed E-state index contributed by atoms with van der Waals surface area (Å²) >= 11 is 6.06. The van der Waals surface area contributed by atoms with E-state index < -0.39 is 18.3 Å². The summed E-state index contributed by atoms with van der Waals surface area (Å²) in [5.74, 6) is -0.0558. The van der Waals surface area contributed by atoms with Gasteiger partial charge in [0.15, 0.2) is 0 Å². The minimum atomic E-state index is -1.30. The second kappa shape index (κ2) is 8.98. The van der Waals surface area contributed by atoms with Crippen LogP contribution in [0.3, 0.4) is 0 Å². The molecule has 31 heavy (non-hydrogen) atoms. The zero-order valence-electron chi connectivity index (χ0n) is 16.7. The molecule has 0 saturated heterocycles. The highest BCUT2D eigenvalue weighted by atomic mass is 35.5. The molecule has 0 spiro atoms. The van der Waals surface area contributed by atoms with Gasteiger partial charge in [-0.25, -0.2) is 4.79 Å². The molecule has 0 fully saturated rings. The van der Waals surface area contributed by atoms with Gasteiger partial charge in [0.25, 0.3) is 0 Å². The first-order valence-corrected chi connectivity index (χ1v) is 10.3. The Morgan fingerprint density at radius 1 is 1.03 bits per heavy atom. The Morgan fingerprint density at radius 3 is 2.29 bits per heavy atom. The number of nitrogen functional groups attached to an aromatic ring is 1. The minimum Gasteiger partial charge on any atom is -0.449 e. The van der Waals surface area contributed by atoms with Gasteiger partial charge in [-0.3, -0.25) is 0 Å². The van der Waals surface area contributed by atoms with Crippen molar-refractivity contribution in [2.45, 2.75) is 18.1 Å². The molecule has 3 aromatic carbocycles. The zero-order valence-corrected chi connectivity index (χ0v) is 17.4. The Bertz CT molecular complexity index is 1060. The Balaban J connectivity index is 1.35. The molecule has 0 saturated carbocycles. The number of nitrogens with one attached hydrogen (secondary N) is 1. The fourth-order valence-electron chi connectivity index (χ4n) is 3.95. The maximum Gasteiger partial charge on any atom is 0.407 e. The fraction of sp³-hybridized carbons (Fsp3) is 0.208. The van der Waals surface area contributed by atoms with E-state index in [1.807, 2.05) is 36.4 Å². The van der Waals surface area contributed by atoms with E-state index >= 15 is 0 Å². The van der Waals surface area contributed by atoms with Crippen LogP contribution in [0.15, 0.2) is 66.7 Å². The van der Waals surface area contributed by atoms with E-state index in [-0.39, 0.29) is 24.1 Å². The molecular formula is C24H23ClN2O4. The predicted molar refractivity (Wildman–Crippen MR) is 120 cm³/mol. The maximum atomic E-state index is 12.2. The van der Waals surface area contributed by atoms with E-state index in [1.54, 1.807) is 12.1 Å². The van der Waals surface area contributed by atoms with Crippen LogP contribution in [0.5, 0.6) is 0 Å². The lowest BCUT2D eigenvalue weighted by molar-refractivity contribution is 0.0186. The van der Waals surface area contributed by atoms with Gasteiger partial charge in [0, 0.05) is 28.7 Å². The lowest BCUT2D eigenvalue weighted by Crippen LogP contribution is -2.36. The van der Waals surface area contributed by atoms with Crippen molar-refractivity contribution in [3.8, 4) is 11.1 Å². The smallest absolute Gasteiger partial charge is 0.407 e. The van der Waals surface area contributed by atoms with Crippen molar-refractivity contribution in [3.63, 3.8) is 0 Å². The molecule has 1 aliphatic rings. The molecule has 6 nitrogen and oxygen atoms in total. The standard InChI is InChI=1S/C24H23ClN2O4/c25-21-10-9-14(26)11-19(21)23(29)22(28)12-27-24(30)31-13-20-17-7-3-1-5-15(17)16-6-2-4-8-18(16)20/h1-11,20,22-23,28-29H,12-13,26H2,(H,27,30). The Hall–Kier alpha value is -3.06. The quantitative estimate of drug-likeness (QED) is 0.437. The van der Waals surface area contributed by atoms with Crippen molar-refractivity contribution in [1.29, 1.82) is 0 Å². The lowest BCUT2D eigenvalue weighted by Gasteiger charge is -2.20. The van der Waals surface area contributed by atoms with Crippen molar-refractivity contribution in [3.05, 3.63) is 88.4 Å². The van der Waals surface area contributed by atoms with Gasteiger partial charge in [0.2, 0.25) is 0 Å². The van der Waals surface area contributed by atoms with Gasteiger partial charge in [0.1, 0.15) is 18.8 Å². The molecule has 7 heteroatoms. The highest BCUT2D eigenvalue weighted by molar-refractivity contribution is 6.31. The monoisotopic (exact) mass is 438 g/mol. The number of benzene rings is 3. The number of aliphatic hydroxyl groups excluding tert-OH is 2. The third kappa shape index (κ3) is 4.37. The molecular weight excluding hydrogens is 416 g/mol. The van der Waals surface area contributed by atoms with Gasteiger partial charge in [0.05, 0.1) is 0 Å². The largest absolute Gasteiger partial charge is 0.449 e. The molecule has 3 aromatic rings. The number of carbonyl (C=O) groups is 1. The third-order valence-corrected chi connectivity index (χ3v) is 5.85. The summed E-state index contributed by atoms with van der Waals surface area (Å²) < 4.78 is 5.43. The number of hydrogen-bond acceptors (Lipinski definition) is 5. The van der Waals surface area contributed by atoms with Crippen LogP contribution < -0.4 is 11.1 Å². The van der Waals surface area contributed by atoms with Crippen molar-refractivity contribution in [1.82, 2.24) is 5.32 Å². The number of aliphatic hydroxyl groups is 2. The molecule has 2 unspecified atom stereocenters. The fourth-order valence-corrected chi connectivity index (χ4v) is 4.17. The summed E-state index contributed by atoms with van der Waals surface area (Å²) in [5, 5.41) is 23.4.